The first-order valence-corrected chi connectivity index (χ1v) is 6.68. The van der Waals surface area contributed by atoms with Crippen molar-refractivity contribution in [3.8, 4) is 11.3 Å². The smallest absolute Gasteiger partial charge is 0.136 e. The van der Waals surface area contributed by atoms with Crippen molar-refractivity contribution in [3.63, 3.8) is 0 Å². The number of aromatic nitrogens is 2. The minimum atomic E-state index is -0.380. The van der Waals surface area contributed by atoms with Gasteiger partial charge in [0.1, 0.15) is 17.5 Å². The van der Waals surface area contributed by atoms with Gasteiger partial charge in [0.05, 0.1) is 10.7 Å². The number of nitrogens with zero attached hydrogens (tertiary/aromatic N) is 2. The highest BCUT2D eigenvalue weighted by molar-refractivity contribution is 6.33. The minimum absolute atomic E-state index is 0.233. The van der Waals surface area contributed by atoms with Crippen molar-refractivity contribution < 1.29 is 4.39 Å². The van der Waals surface area contributed by atoms with Crippen LogP contribution in [-0.4, -0.2) is 9.97 Å². The highest BCUT2D eigenvalue weighted by Gasteiger charge is 2.21. The molecule has 0 fully saturated rings. The highest BCUT2D eigenvalue weighted by atomic mass is 35.5. The summed E-state index contributed by atoms with van der Waals surface area (Å²) in [5.41, 5.74) is 7.78. The van der Waals surface area contributed by atoms with E-state index in [1.165, 1.54) is 12.1 Å². The van der Waals surface area contributed by atoms with Crippen molar-refractivity contribution >= 4 is 17.4 Å². The Morgan fingerprint density at radius 2 is 1.85 bits per heavy atom. The van der Waals surface area contributed by atoms with Crippen LogP contribution in [-0.2, 0) is 5.41 Å². The number of nitrogens with two attached hydrogens (primary N) is 1. The summed E-state index contributed by atoms with van der Waals surface area (Å²) in [5.74, 6) is 0.672. The van der Waals surface area contributed by atoms with Gasteiger partial charge in [-0.05, 0) is 25.1 Å². The summed E-state index contributed by atoms with van der Waals surface area (Å²) in [6, 6.07) is 4.24. The fourth-order valence-electron chi connectivity index (χ4n) is 1.81. The average molecular weight is 294 g/mol. The molecule has 2 rings (SSSR count). The Bertz CT molecular complexity index is 663. The molecule has 20 heavy (non-hydrogen) atoms. The zero-order valence-corrected chi connectivity index (χ0v) is 12.7. The maximum Gasteiger partial charge on any atom is 0.136 e. The second kappa shape index (κ2) is 5.02. The molecule has 0 radical (unpaired) electrons. The summed E-state index contributed by atoms with van der Waals surface area (Å²) >= 11 is 6.11. The summed E-state index contributed by atoms with van der Waals surface area (Å²) in [7, 11) is 0. The lowest BCUT2D eigenvalue weighted by molar-refractivity contribution is 0.546. The molecule has 5 heteroatoms. The molecule has 0 aliphatic rings. The molecule has 2 aromatic rings. The zero-order chi connectivity index (χ0) is 15.1. The number of nitrogen functional groups attached to an aromatic ring is 1. The first kappa shape index (κ1) is 14.7. The van der Waals surface area contributed by atoms with Gasteiger partial charge < -0.3 is 5.73 Å². The van der Waals surface area contributed by atoms with E-state index in [9.17, 15) is 4.39 Å². The van der Waals surface area contributed by atoms with Gasteiger partial charge in [0, 0.05) is 16.5 Å². The summed E-state index contributed by atoms with van der Waals surface area (Å²) < 4.78 is 13.2. The largest absolute Gasteiger partial charge is 0.383 e. The van der Waals surface area contributed by atoms with Crippen molar-refractivity contribution in [3.05, 3.63) is 40.4 Å². The van der Waals surface area contributed by atoms with Crippen LogP contribution in [0, 0.1) is 12.7 Å². The molecular weight excluding hydrogens is 277 g/mol. The molecule has 0 saturated heterocycles. The normalized spacial score (nSPS) is 11.7. The first-order valence-electron chi connectivity index (χ1n) is 6.30. The van der Waals surface area contributed by atoms with Crippen molar-refractivity contribution in [1.82, 2.24) is 9.97 Å². The van der Waals surface area contributed by atoms with Crippen LogP contribution >= 0.6 is 11.6 Å². The van der Waals surface area contributed by atoms with Crippen LogP contribution in [0.25, 0.3) is 11.3 Å². The van der Waals surface area contributed by atoms with E-state index in [0.29, 0.717) is 27.9 Å². The summed E-state index contributed by atoms with van der Waals surface area (Å²) in [6.07, 6.45) is 0. The molecule has 3 nitrogen and oxygen atoms in total. The lowest BCUT2D eigenvalue weighted by atomic mass is 9.95. The van der Waals surface area contributed by atoms with Crippen LogP contribution in [0.4, 0.5) is 10.2 Å². The van der Waals surface area contributed by atoms with E-state index < -0.39 is 0 Å². The Morgan fingerprint density at radius 1 is 1.20 bits per heavy atom. The van der Waals surface area contributed by atoms with Crippen molar-refractivity contribution in [1.29, 1.82) is 0 Å². The number of halogens is 2. The zero-order valence-electron chi connectivity index (χ0n) is 12.0. The molecule has 2 N–H and O–H groups in total. The van der Waals surface area contributed by atoms with E-state index in [0.717, 1.165) is 5.56 Å². The van der Waals surface area contributed by atoms with Crippen LogP contribution in [0.2, 0.25) is 5.02 Å². The monoisotopic (exact) mass is 293 g/mol. The van der Waals surface area contributed by atoms with Crippen LogP contribution < -0.4 is 5.73 Å². The maximum atomic E-state index is 13.2. The van der Waals surface area contributed by atoms with E-state index >= 15 is 0 Å². The fraction of sp³-hybridized carbons (Fsp3) is 0.333. The SMILES string of the molecule is Cc1c(N)nc(C(C)(C)C)nc1-c1ccc(F)cc1Cl. The molecule has 0 amide bonds. The quantitative estimate of drug-likeness (QED) is 0.860. The molecule has 1 aromatic heterocycles. The Kier molecular flexibility index (Phi) is 3.69. The molecule has 1 heterocycles. The fourth-order valence-corrected chi connectivity index (χ4v) is 2.07. The molecule has 0 unspecified atom stereocenters. The van der Waals surface area contributed by atoms with Gasteiger partial charge in [-0.2, -0.15) is 0 Å². The van der Waals surface area contributed by atoms with Gasteiger partial charge in [0.15, 0.2) is 0 Å². The number of benzene rings is 1. The van der Waals surface area contributed by atoms with E-state index in [1.54, 1.807) is 6.07 Å². The topological polar surface area (TPSA) is 51.8 Å². The van der Waals surface area contributed by atoms with Gasteiger partial charge >= 0.3 is 0 Å². The lowest BCUT2D eigenvalue weighted by Crippen LogP contribution is -2.18. The van der Waals surface area contributed by atoms with Crippen LogP contribution in [0.1, 0.15) is 32.2 Å². The van der Waals surface area contributed by atoms with E-state index in [-0.39, 0.29) is 11.2 Å². The predicted octanol–water partition coefficient (Wildman–Crippen LogP) is 4.12. The molecule has 0 aliphatic carbocycles. The van der Waals surface area contributed by atoms with E-state index in [2.05, 4.69) is 9.97 Å². The number of hydrogen-bond acceptors (Lipinski definition) is 3. The lowest BCUT2D eigenvalue weighted by Gasteiger charge is -2.19. The third-order valence-electron chi connectivity index (χ3n) is 3.04. The molecule has 0 bridgehead atoms. The average Bonchev–Trinajstić information content (AvgIpc) is 2.32. The van der Waals surface area contributed by atoms with Crippen molar-refractivity contribution in [2.45, 2.75) is 33.1 Å². The standard InChI is InChI=1S/C15H17ClFN3/c1-8-12(10-6-5-9(17)7-11(10)16)19-14(15(2,3)4)20-13(8)18/h5-7H,1-4H3,(H2,18,19,20). The van der Waals surface area contributed by atoms with Gasteiger partial charge in [-0.15, -0.1) is 0 Å². The third-order valence-corrected chi connectivity index (χ3v) is 3.35. The van der Waals surface area contributed by atoms with Crippen LogP contribution in [0.5, 0.6) is 0 Å². The molecule has 1 aromatic carbocycles. The summed E-state index contributed by atoms with van der Waals surface area (Å²) in [6.45, 7) is 7.85. The molecule has 0 saturated carbocycles. The molecule has 0 spiro atoms. The number of anilines is 1. The van der Waals surface area contributed by atoms with E-state index in [1.807, 2.05) is 27.7 Å². The van der Waals surface area contributed by atoms with Gasteiger partial charge in [0.2, 0.25) is 0 Å². The second-order valence-corrected chi connectivity index (χ2v) is 6.19. The predicted molar refractivity (Wildman–Crippen MR) is 80.3 cm³/mol. The summed E-state index contributed by atoms with van der Waals surface area (Å²) in [4.78, 5) is 8.89. The Hall–Kier alpha value is -1.68. The first-order chi connectivity index (χ1) is 9.20. The second-order valence-electron chi connectivity index (χ2n) is 5.78. The minimum Gasteiger partial charge on any atom is -0.383 e. The van der Waals surface area contributed by atoms with Crippen LogP contribution in [0.15, 0.2) is 18.2 Å². The van der Waals surface area contributed by atoms with Crippen molar-refractivity contribution in [2.24, 2.45) is 0 Å². The number of hydrogen-bond donors (Lipinski definition) is 1. The Labute approximate surface area is 123 Å². The Morgan fingerprint density at radius 3 is 2.40 bits per heavy atom. The van der Waals surface area contributed by atoms with Gasteiger partial charge in [-0.1, -0.05) is 32.4 Å². The molecule has 0 atom stereocenters. The van der Waals surface area contributed by atoms with Gasteiger partial charge in [-0.25, -0.2) is 14.4 Å². The maximum absolute atomic E-state index is 13.2. The summed E-state index contributed by atoms with van der Waals surface area (Å²) in [5, 5.41) is 0.311. The molecule has 106 valence electrons. The number of rotatable bonds is 1. The third kappa shape index (κ3) is 2.75. The van der Waals surface area contributed by atoms with Gasteiger partial charge in [0.25, 0.3) is 0 Å². The van der Waals surface area contributed by atoms with Crippen molar-refractivity contribution in [2.75, 3.05) is 5.73 Å². The Balaban J connectivity index is 2.70. The van der Waals surface area contributed by atoms with Gasteiger partial charge in [-0.3, -0.25) is 0 Å². The van der Waals surface area contributed by atoms with Crippen LogP contribution in [0.3, 0.4) is 0 Å². The highest BCUT2D eigenvalue weighted by Crippen LogP contribution is 2.32. The molecular formula is C15H17ClFN3. The van der Waals surface area contributed by atoms with E-state index in [4.69, 9.17) is 17.3 Å². The molecule has 0 aliphatic heterocycles.